The molecule has 2 heterocycles. The molecule has 1 aromatic heterocycles. The van der Waals surface area contributed by atoms with Crippen molar-refractivity contribution in [2.75, 3.05) is 47.8 Å². The summed E-state index contributed by atoms with van der Waals surface area (Å²) in [5.41, 5.74) is 1.04. The Bertz CT molecular complexity index is 625. The summed E-state index contributed by atoms with van der Waals surface area (Å²) in [7, 11) is 0. The highest BCUT2D eigenvalue weighted by Crippen LogP contribution is 2.19. The number of benzene rings is 1. The van der Waals surface area contributed by atoms with Gasteiger partial charge in [0.2, 0.25) is 5.95 Å². The van der Waals surface area contributed by atoms with Gasteiger partial charge in [0.15, 0.2) is 5.82 Å². The van der Waals surface area contributed by atoms with Crippen LogP contribution in [0.15, 0.2) is 30.5 Å². The Labute approximate surface area is 135 Å². The number of hydrogen-bond donors (Lipinski definition) is 1. The van der Waals surface area contributed by atoms with Gasteiger partial charge in [-0.05, 0) is 30.7 Å². The number of hydrogen-bond acceptors (Lipinski definition) is 6. The summed E-state index contributed by atoms with van der Waals surface area (Å²) in [6, 6.07) is 6.63. The first-order chi connectivity index (χ1) is 11.3. The summed E-state index contributed by atoms with van der Waals surface area (Å²) >= 11 is 0. The van der Waals surface area contributed by atoms with Crippen LogP contribution in [0.25, 0.3) is 0 Å². The smallest absolute Gasteiger partial charge is 0.247 e. The minimum atomic E-state index is -0.205. The molecule has 1 fully saturated rings. The number of anilines is 3. The zero-order valence-corrected chi connectivity index (χ0v) is 13.2. The van der Waals surface area contributed by atoms with Crippen molar-refractivity contribution in [1.82, 2.24) is 15.2 Å². The summed E-state index contributed by atoms with van der Waals surface area (Å²) in [6.45, 7) is 6.31. The van der Waals surface area contributed by atoms with Gasteiger partial charge >= 0.3 is 0 Å². The van der Waals surface area contributed by atoms with Crippen LogP contribution in [0.3, 0.4) is 0 Å². The summed E-state index contributed by atoms with van der Waals surface area (Å²) in [6.07, 6.45) is 2.68. The molecule has 0 bridgehead atoms. The molecule has 1 saturated heterocycles. The van der Waals surface area contributed by atoms with Crippen molar-refractivity contribution in [2.45, 2.75) is 13.3 Å². The van der Waals surface area contributed by atoms with Gasteiger partial charge < -0.3 is 15.1 Å². The number of piperazine rings is 1. The molecule has 122 valence electrons. The van der Waals surface area contributed by atoms with Gasteiger partial charge in [0.05, 0.1) is 6.20 Å². The van der Waals surface area contributed by atoms with E-state index < -0.39 is 0 Å². The van der Waals surface area contributed by atoms with Crippen molar-refractivity contribution in [1.29, 1.82) is 0 Å². The third-order valence-electron chi connectivity index (χ3n) is 3.86. The highest BCUT2D eigenvalue weighted by Gasteiger charge is 2.19. The lowest BCUT2D eigenvalue weighted by Gasteiger charge is -2.35. The van der Waals surface area contributed by atoms with Crippen LogP contribution in [0.2, 0.25) is 0 Å². The zero-order valence-electron chi connectivity index (χ0n) is 13.2. The molecule has 2 aromatic rings. The predicted octanol–water partition coefficient (Wildman–Crippen LogP) is 2.16. The molecule has 0 aliphatic carbocycles. The molecule has 0 spiro atoms. The third kappa shape index (κ3) is 3.85. The maximum absolute atomic E-state index is 13.0. The van der Waals surface area contributed by atoms with Crippen molar-refractivity contribution < 1.29 is 4.39 Å². The Balaban J connectivity index is 1.61. The molecule has 0 unspecified atom stereocenters. The van der Waals surface area contributed by atoms with E-state index in [1.807, 2.05) is 12.1 Å². The SMILES string of the molecule is CCCNc1cnnc(N2CCN(c3ccc(F)cc3)CC2)n1. The van der Waals surface area contributed by atoms with Crippen LogP contribution in [0.5, 0.6) is 0 Å². The molecule has 0 amide bonds. The molecule has 0 atom stereocenters. The lowest BCUT2D eigenvalue weighted by atomic mass is 10.2. The average molecular weight is 316 g/mol. The fourth-order valence-electron chi connectivity index (χ4n) is 2.58. The molecule has 1 aliphatic heterocycles. The van der Waals surface area contributed by atoms with Gasteiger partial charge in [0.25, 0.3) is 0 Å². The molecule has 6 nitrogen and oxygen atoms in total. The predicted molar refractivity (Wildman–Crippen MR) is 89.4 cm³/mol. The Kier molecular flexibility index (Phi) is 4.85. The number of aromatic nitrogens is 3. The van der Waals surface area contributed by atoms with E-state index in [0.29, 0.717) is 5.95 Å². The van der Waals surface area contributed by atoms with Gasteiger partial charge in [-0.15, -0.1) is 5.10 Å². The Hall–Kier alpha value is -2.44. The highest BCUT2D eigenvalue weighted by molar-refractivity contribution is 5.48. The van der Waals surface area contributed by atoms with Crippen LogP contribution >= 0.6 is 0 Å². The zero-order chi connectivity index (χ0) is 16.1. The van der Waals surface area contributed by atoms with Crippen molar-refractivity contribution in [3.8, 4) is 0 Å². The largest absolute Gasteiger partial charge is 0.369 e. The summed E-state index contributed by atoms with van der Waals surface area (Å²) < 4.78 is 13.0. The fraction of sp³-hybridized carbons (Fsp3) is 0.438. The lowest BCUT2D eigenvalue weighted by Crippen LogP contribution is -2.47. The summed E-state index contributed by atoms with van der Waals surface area (Å²) in [4.78, 5) is 8.88. The number of nitrogens with zero attached hydrogens (tertiary/aromatic N) is 5. The number of halogens is 1. The van der Waals surface area contributed by atoms with Crippen molar-refractivity contribution in [3.05, 3.63) is 36.3 Å². The average Bonchev–Trinajstić information content (AvgIpc) is 2.61. The van der Waals surface area contributed by atoms with Crippen LogP contribution in [-0.2, 0) is 0 Å². The number of nitrogens with one attached hydrogen (secondary N) is 1. The highest BCUT2D eigenvalue weighted by atomic mass is 19.1. The second-order valence-electron chi connectivity index (χ2n) is 5.52. The maximum atomic E-state index is 13.0. The van der Waals surface area contributed by atoms with E-state index in [-0.39, 0.29) is 5.82 Å². The topological polar surface area (TPSA) is 57.2 Å². The minimum Gasteiger partial charge on any atom is -0.369 e. The quantitative estimate of drug-likeness (QED) is 0.912. The molecule has 0 radical (unpaired) electrons. The maximum Gasteiger partial charge on any atom is 0.247 e. The molecule has 7 heteroatoms. The van der Waals surface area contributed by atoms with Gasteiger partial charge in [-0.1, -0.05) is 6.92 Å². The first-order valence-electron chi connectivity index (χ1n) is 7.95. The second-order valence-corrected chi connectivity index (χ2v) is 5.52. The second kappa shape index (κ2) is 7.21. The standard InChI is InChI=1S/C16H21FN6/c1-2-7-18-15-12-19-21-16(20-15)23-10-8-22(9-11-23)14-5-3-13(17)4-6-14/h3-6,12H,2,7-11H2,1H3,(H,18,20,21). The molecule has 23 heavy (non-hydrogen) atoms. The van der Waals surface area contributed by atoms with E-state index in [4.69, 9.17) is 0 Å². The van der Waals surface area contributed by atoms with E-state index in [1.54, 1.807) is 6.20 Å². The molecular weight excluding hydrogens is 295 g/mol. The number of rotatable bonds is 5. The van der Waals surface area contributed by atoms with E-state index in [1.165, 1.54) is 12.1 Å². The van der Waals surface area contributed by atoms with Gasteiger partial charge in [-0.3, -0.25) is 0 Å². The van der Waals surface area contributed by atoms with Crippen molar-refractivity contribution >= 4 is 17.5 Å². The summed E-state index contributed by atoms with van der Waals surface area (Å²) in [5.74, 6) is 1.21. The minimum absolute atomic E-state index is 0.205. The first-order valence-corrected chi connectivity index (χ1v) is 7.95. The third-order valence-corrected chi connectivity index (χ3v) is 3.86. The molecule has 0 saturated carbocycles. The van der Waals surface area contributed by atoms with Gasteiger partial charge in [0.1, 0.15) is 5.82 Å². The molecule has 1 aromatic carbocycles. The van der Waals surface area contributed by atoms with Gasteiger partial charge in [-0.2, -0.15) is 10.1 Å². The lowest BCUT2D eigenvalue weighted by molar-refractivity contribution is 0.622. The van der Waals surface area contributed by atoms with Crippen LogP contribution in [0.1, 0.15) is 13.3 Å². The Morgan fingerprint density at radius 3 is 2.48 bits per heavy atom. The van der Waals surface area contributed by atoms with E-state index >= 15 is 0 Å². The molecule has 1 N–H and O–H groups in total. The van der Waals surface area contributed by atoms with E-state index in [2.05, 4.69) is 37.2 Å². The molecular formula is C16H21FN6. The fourth-order valence-corrected chi connectivity index (χ4v) is 2.58. The van der Waals surface area contributed by atoms with E-state index in [0.717, 1.165) is 50.6 Å². The Morgan fingerprint density at radius 1 is 1.09 bits per heavy atom. The molecule has 1 aliphatic rings. The Morgan fingerprint density at radius 2 is 1.78 bits per heavy atom. The van der Waals surface area contributed by atoms with Crippen LogP contribution < -0.4 is 15.1 Å². The molecule has 3 rings (SSSR count). The van der Waals surface area contributed by atoms with E-state index in [9.17, 15) is 4.39 Å². The van der Waals surface area contributed by atoms with Gasteiger partial charge in [-0.25, -0.2) is 4.39 Å². The van der Waals surface area contributed by atoms with Crippen LogP contribution in [0.4, 0.5) is 21.8 Å². The normalized spacial score (nSPS) is 14.9. The van der Waals surface area contributed by atoms with Crippen LogP contribution in [-0.4, -0.2) is 47.9 Å². The van der Waals surface area contributed by atoms with Crippen molar-refractivity contribution in [3.63, 3.8) is 0 Å². The monoisotopic (exact) mass is 316 g/mol. The van der Waals surface area contributed by atoms with Gasteiger partial charge in [0, 0.05) is 38.4 Å². The summed E-state index contributed by atoms with van der Waals surface area (Å²) in [5, 5.41) is 11.4. The van der Waals surface area contributed by atoms with Crippen molar-refractivity contribution in [2.24, 2.45) is 0 Å². The van der Waals surface area contributed by atoms with Crippen LogP contribution in [0, 0.1) is 5.82 Å². The first kappa shape index (κ1) is 15.5.